The van der Waals surface area contributed by atoms with Gasteiger partial charge in [0, 0.05) is 6.92 Å². The monoisotopic (exact) mass is 193 g/mol. The van der Waals surface area contributed by atoms with Crippen molar-refractivity contribution >= 4 is 21.9 Å². The van der Waals surface area contributed by atoms with Gasteiger partial charge in [0.2, 0.25) is 0 Å². The van der Waals surface area contributed by atoms with Crippen LogP contribution in [0, 0.1) is 11.3 Å². The average molecular weight is 194 g/mol. The Labute approximate surface area is 62.7 Å². The molecule has 0 unspecified atom stereocenters. The van der Waals surface area contributed by atoms with Gasteiger partial charge in [0.1, 0.15) is 5.33 Å². The summed E-state index contributed by atoms with van der Waals surface area (Å²) in [7, 11) is 1.35. The fourth-order valence-electron chi connectivity index (χ4n) is 0.0546. The highest BCUT2D eigenvalue weighted by Crippen LogP contribution is 1.79. The summed E-state index contributed by atoms with van der Waals surface area (Å²) in [5.41, 5.74) is 0. The quantitative estimate of drug-likeness (QED) is 0.463. The Balaban J connectivity index is 0. The second kappa shape index (κ2) is 10.4. The topological polar surface area (TPSA) is 50.1 Å². The minimum atomic E-state index is -0.241. The minimum absolute atomic E-state index is 0.241. The first kappa shape index (κ1) is 11.3. The van der Waals surface area contributed by atoms with Gasteiger partial charge in [0.05, 0.1) is 13.2 Å². The summed E-state index contributed by atoms with van der Waals surface area (Å²) in [4.78, 5) is 9.91. The van der Waals surface area contributed by atoms with Gasteiger partial charge >= 0.3 is 5.97 Å². The highest BCUT2D eigenvalue weighted by molar-refractivity contribution is 9.09. The molecule has 9 heavy (non-hydrogen) atoms. The second-order valence-electron chi connectivity index (χ2n) is 0.933. The number of carbonyl (C=O) groups excluding carboxylic acids is 1. The van der Waals surface area contributed by atoms with E-state index in [9.17, 15) is 4.79 Å². The van der Waals surface area contributed by atoms with Gasteiger partial charge in [-0.15, -0.1) is 0 Å². The highest BCUT2D eigenvalue weighted by atomic mass is 79.9. The van der Waals surface area contributed by atoms with Gasteiger partial charge in [-0.3, -0.25) is 4.79 Å². The van der Waals surface area contributed by atoms with Crippen molar-refractivity contribution in [2.45, 2.75) is 6.92 Å². The lowest BCUT2D eigenvalue weighted by Gasteiger charge is -1.86. The van der Waals surface area contributed by atoms with Crippen molar-refractivity contribution in [3.8, 4) is 6.07 Å². The first-order chi connectivity index (χ1) is 4.22. The van der Waals surface area contributed by atoms with Crippen molar-refractivity contribution in [1.29, 1.82) is 5.26 Å². The first-order valence-corrected chi connectivity index (χ1v) is 3.28. The summed E-state index contributed by atoms with van der Waals surface area (Å²) in [5.74, 6) is -0.241. The molecular weight excluding hydrogens is 186 g/mol. The largest absolute Gasteiger partial charge is 0.468 e. The number of ether oxygens (including phenoxy) is 1. The Kier molecular flexibility index (Phi) is 13.1. The Morgan fingerprint density at radius 3 is 2.22 bits per heavy atom. The Bertz CT molecular complexity index is 102. The smallest absolute Gasteiger partial charge is 0.316 e. The van der Waals surface area contributed by atoms with E-state index < -0.39 is 0 Å². The standard InChI is InChI=1S/C3H5BrO2.C2H3N/c1-6-3(5)2-4;1-2-3/h2H2,1H3;1H3. The summed E-state index contributed by atoms with van der Waals surface area (Å²) >= 11 is 2.90. The average Bonchev–Trinajstić information content (AvgIpc) is 1.88. The van der Waals surface area contributed by atoms with E-state index in [1.54, 1.807) is 6.07 Å². The van der Waals surface area contributed by atoms with Crippen molar-refractivity contribution in [3.05, 3.63) is 0 Å². The number of nitriles is 1. The zero-order chi connectivity index (χ0) is 7.70. The molecule has 0 fully saturated rings. The molecule has 0 aromatic carbocycles. The number of methoxy groups -OCH3 is 1. The molecule has 0 aromatic heterocycles. The molecule has 0 amide bonds. The van der Waals surface area contributed by atoms with Crippen LogP contribution in [-0.4, -0.2) is 18.4 Å². The number of esters is 1. The maximum Gasteiger partial charge on any atom is 0.316 e. The van der Waals surface area contributed by atoms with Crippen molar-refractivity contribution in [3.63, 3.8) is 0 Å². The summed E-state index contributed by atoms with van der Waals surface area (Å²) in [6.45, 7) is 1.43. The van der Waals surface area contributed by atoms with Gasteiger partial charge in [0.25, 0.3) is 0 Å². The Hall–Kier alpha value is -0.560. The molecule has 0 aliphatic carbocycles. The SMILES string of the molecule is CC#N.COC(=O)CBr. The molecule has 0 aliphatic rings. The minimum Gasteiger partial charge on any atom is -0.468 e. The number of nitrogens with zero attached hydrogens (tertiary/aromatic N) is 1. The third kappa shape index (κ3) is 18.6. The van der Waals surface area contributed by atoms with E-state index in [1.807, 2.05) is 0 Å². The third-order valence-corrected chi connectivity index (χ3v) is 0.795. The number of alkyl halides is 1. The van der Waals surface area contributed by atoms with Crippen LogP contribution in [0.1, 0.15) is 6.92 Å². The lowest BCUT2D eigenvalue weighted by Crippen LogP contribution is -1.99. The molecule has 0 spiro atoms. The fraction of sp³-hybridized carbons (Fsp3) is 0.600. The molecule has 0 rings (SSSR count). The van der Waals surface area contributed by atoms with Gasteiger partial charge in [-0.2, -0.15) is 5.26 Å². The molecular formula is C5H8BrNO2. The molecule has 0 bridgehead atoms. The maximum absolute atomic E-state index is 9.91. The Morgan fingerprint density at radius 1 is 1.89 bits per heavy atom. The predicted molar refractivity (Wildman–Crippen MR) is 37.1 cm³/mol. The van der Waals surface area contributed by atoms with Crippen molar-refractivity contribution in [2.75, 3.05) is 12.4 Å². The van der Waals surface area contributed by atoms with Crippen LogP contribution >= 0.6 is 15.9 Å². The summed E-state index contributed by atoms with van der Waals surface area (Å²) in [5, 5.41) is 7.60. The molecule has 4 heteroatoms. The Morgan fingerprint density at radius 2 is 2.22 bits per heavy atom. The van der Waals surface area contributed by atoms with E-state index >= 15 is 0 Å². The van der Waals surface area contributed by atoms with Gasteiger partial charge in [-0.05, 0) is 0 Å². The highest BCUT2D eigenvalue weighted by Gasteiger charge is 1.89. The van der Waals surface area contributed by atoms with Crippen molar-refractivity contribution in [2.24, 2.45) is 0 Å². The molecule has 0 aliphatic heterocycles. The summed E-state index contributed by atoms with van der Waals surface area (Å²) in [6, 6.07) is 1.75. The predicted octanol–water partition coefficient (Wildman–Crippen LogP) is 1.08. The normalized spacial score (nSPS) is 6.00. The molecule has 0 aromatic rings. The second-order valence-corrected chi connectivity index (χ2v) is 1.49. The van der Waals surface area contributed by atoms with Crippen molar-refractivity contribution in [1.82, 2.24) is 0 Å². The van der Waals surface area contributed by atoms with Crippen LogP contribution in [0.3, 0.4) is 0 Å². The van der Waals surface area contributed by atoms with E-state index in [4.69, 9.17) is 5.26 Å². The van der Waals surface area contributed by atoms with Crippen LogP contribution in [0.25, 0.3) is 0 Å². The van der Waals surface area contributed by atoms with E-state index in [0.29, 0.717) is 0 Å². The van der Waals surface area contributed by atoms with Gasteiger partial charge in [-0.1, -0.05) is 15.9 Å². The van der Waals surface area contributed by atoms with Crippen LogP contribution in [0.4, 0.5) is 0 Å². The molecule has 0 saturated heterocycles. The van der Waals surface area contributed by atoms with E-state index in [0.717, 1.165) is 0 Å². The van der Waals surface area contributed by atoms with Crippen LogP contribution in [0.5, 0.6) is 0 Å². The number of hydrogen-bond donors (Lipinski definition) is 0. The van der Waals surface area contributed by atoms with Crippen LogP contribution in [0.2, 0.25) is 0 Å². The maximum atomic E-state index is 9.91. The molecule has 0 radical (unpaired) electrons. The fourth-order valence-corrected chi connectivity index (χ4v) is 0.283. The van der Waals surface area contributed by atoms with E-state index in [2.05, 4.69) is 20.7 Å². The zero-order valence-corrected chi connectivity index (χ0v) is 6.93. The van der Waals surface area contributed by atoms with Gasteiger partial charge in [0.15, 0.2) is 0 Å². The molecule has 0 atom stereocenters. The number of rotatable bonds is 1. The summed E-state index contributed by atoms with van der Waals surface area (Å²) in [6.07, 6.45) is 0. The van der Waals surface area contributed by atoms with Gasteiger partial charge in [-0.25, -0.2) is 0 Å². The van der Waals surface area contributed by atoms with E-state index in [-0.39, 0.29) is 11.3 Å². The molecule has 0 saturated carbocycles. The summed E-state index contributed by atoms with van der Waals surface area (Å²) < 4.78 is 4.21. The van der Waals surface area contributed by atoms with Crippen LogP contribution in [0.15, 0.2) is 0 Å². The molecule has 0 N–H and O–H groups in total. The van der Waals surface area contributed by atoms with Crippen LogP contribution in [-0.2, 0) is 9.53 Å². The lowest BCUT2D eigenvalue weighted by atomic mass is 10.8. The number of hydrogen-bond acceptors (Lipinski definition) is 3. The first-order valence-electron chi connectivity index (χ1n) is 2.16. The van der Waals surface area contributed by atoms with Gasteiger partial charge < -0.3 is 4.74 Å². The number of halogens is 1. The lowest BCUT2D eigenvalue weighted by molar-refractivity contribution is -0.137. The zero-order valence-electron chi connectivity index (χ0n) is 5.35. The van der Waals surface area contributed by atoms with E-state index in [1.165, 1.54) is 14.0 Å². The molecule has 3 nitrogen and oxygen atoms in total. The van der Waals surface area contributed by atoms with Crippen LogP contribution < -0.4 is 0 Å². The number of carbonyl (C=O) groups is 1. The molecule has 0 heterocycles. The third-order valence-electron chi connectivity index (χ3n) is 0.337. The molecule has 52 valence electrons. The van der Waals surface area contributed by atoms with Crippen molar-refractivity contribution < 1.29 is 9.53 Å².